The normalized spacial score (nSPS) is 13.2. The largest absolute Gasteiger partial charge is 0.491 e. The maximum Gasteiger partial charge on any atom is 0.411 e. The van der Waals surface area contributed by atoms with Gasteiger partial charge in [-0.2, -0.15) is 13.2 Å². The molecule has 0 spiro atoms. The van der Waals surface area contributed by atoms with Crippen molar-refractivity contribution in [2.75, 3.05) is 26.4 Å². The van der Waals surface area contributed by atoms with Crippen molar-refractivity contribution in [3.05, 3.63) is 28.8 Å². The minimum Gasteiger partial charge on any atom is -0.491 e. The first-order valence-corrected chi connectivity index (χ1v) is 7.01. The van der Waals surface area contributed by atoms with E-state index < -0.39 is 12.8 Å². The Morgan fingerprint density at radius 2 is 2.00 bits per heavy atom. The van der Waals surface area contributed by atoms with Crippen molar-refractivity contribution >= 4 is 11.6 Å². The summed E-state index contributed by atoms with van der Waals surface area (Å²) >= 11 is 5.96. The van der Waals surface area contributed by atoms with Crippen LogP contribution in [0.25, 0.3) is 0 Å². The summed E-state index contributed by atoms with van der Waals surface area (Å²) in [5.41, 5.74) is 0.861. The van der Waals surface area contributed by atoms with Crippen molar-refractivity contribution < 1.29 is 22.6 Å². The molecule has 0 saturated carbocycles. The van der Waals surface area contributed by atoms with Crippen LogP contribution in [0.1, 0.15) is 25.5 Å². The van der Waals surface area contributed by atoms with Crippen LogP contribution in [-0.4, -0.2) is 32.5 Å². The van der Waals surface area contributed by atoms with Gasteiger partial charge in [0.2, 0.25) is 0 Å². The predicted octanol–water partition coefficient (Wildman–Crippen LogP) is 3.97. The van der Waals surface area contributed by atoms with Gasteiger partial charge >= 0.3 is 6.18 Å². The number of hydrogen-bond acceptors (Lipinski definition) is 3. The van der Waals surface area contributed by atoms with E-state index in [-0.39, 0.29) is 19.3 Å². The van der Waals surface area contributed by atoms with Gasteiger partial charge in [0.15, 0.2) is 0 Å². The molecule has 7 heteroatoms. The van der Waals surface area contributed by atoms with Gasteiger partial charge in [0.1, 0.15) is 19.0 Å². The number of benzene rings is 1. The van der Waals surface area contributed by atoms with Gasteiger partial charge in [0.25, 0.3) is 0 Å². The Kier molecular flexibility index (Phi) is 7.28. The van der Waals surface area contributed by atoms with Crippen LogP contribution in [0, 0.1) is 0 Å². The van der Waals surface area contributed by atoms with Crippen molar-refractivity contribution in [3.8, 4) is 5.75 Å². The van der Waals surface area contributed by atoms with Crippen LogP contribution in [0.3, 0.4) is 0 Å². The second-order valence-corrected chi connectivity index (χ2v) is 4.91. The Balaban J connectivity index is 2.54. The van der Waals surface area contributed by atoms with Crippen molar-refractivity contribution in [1.82, 2.24) is 5.32 Å². The molecule has 0 bridgehead atoms. The highest BCUT2D eigenvalue weighted by Gasteiger charge is 2.27. The highest BCUT2D eigenvalue weighted by Crippen LogP contribution is 2.28. The first kappa shape index (κ1) is 18.1. The summed E-state index contributed by atoms with van der Waals surface area (Å²) in [6.45, 7) is 3.37. The summed E-state index contributed by atoms with van der Waals surface area (Å²) < 4.78 is 45.7. The lowest BCUT2D eigenvalue weighted by Gasteiger charge is -2.18. The fourth-order valence-electron chi connectivity index (χ4n) is 1.80. The average molecular weight is 326 g/mol. The van der Waals surface area contributed by atoms with Crippen LogP contribution < -0.4 is 10.1 Å². The minimum atomic E-state index is -4.31. The molecule has 0 aliphatic heterocycles. The van der Waals surface area contributed by atoms with Gasteiger partial charge < -0.3 is 14.8 Å². The second kappa shape index (κ2) is 8.46. The van der Waals surface area contributed by atoms with Gasteiger partial charge in [-0.3, -0.25) is 0 Å². The Morgan fingerprint density at radius 1 is 1.29 bits per heavy atom. The molecule has 1 N–H and O–H groups in total. The number of hydrogen-bond donors (Lipinski definition) is 1. The standard InChI is InChI=1S/C14H19ClF3NO2/c1-3-19-10(2)12-8-11(15)4-5-13(12)21-7-6-20-9-14(16,17)18/h4-5,8,10,19H,3,6-7,9H2,1-2H3. The zero-order chi connectivity index (χ0) is 15.9. The first-order valence-electron chi connectivity index (χ1n) is 6.63. The quantitative estimate of drug-likeness (QED) is 0.734. The summed E-state index contributed by atoms with van der Waals surface area (Å²) in [7, 11) is 0. The summed E-state index contributed by atoms with van der Waals surface area (Å²) in [5.74, 6) is 0.587. The van der Waals surface area contributed by atoms with E-state index in [1.807, 2.05) is 13.8 Å². The third kappa shape index (κ3) is 7.02. The highest BCUT2D eigenvalue weighted by atomic mass is 35.5. The second-order valence-electron chi connectivity index (χ2n) is 4.48. The van der Waals surface area contributed by atoms with Gasteiger partial charge in [-0.15, -0.1) is 0 Å². The molecule has 0 amide bonds. The number of nitrogens with one attached hydrogen (secondary N) is 1. The minimum absolute atomic E-state index is 0.0276. The SMILES string of the molecule is CCNC(C)c1cc(Cl)ccc1OCCOCC(F)(F)F. The van der Waals surface area contributed by atoms with E-state index in [2.05, 4.69) is 10.1 Å². The Bertz CT molecular complexity index is 441. The van der Waals surface area contributed by atoms with Crippen LogP contribution in [0.15, 0.2) is 18.2 Å². The van der Waals surface area contributed by atoms with Crippen LogP contribution in [0.5, 0.6) is 5.75 Å². The summed E-state index contributed by atoms with van der Waals surface area (Å²) in [6.07, 6.45) is -4.31. The number of alkyl halides is 3. The molecular weight excluding hydrogens is 307 g/mol. The molecule has 1 aromatic rings. The summed E-state index contributed by atoms with van der Waals surface area (Å²) in [6, 6.07) is 5.19. The molecule has 0 radical (unpaired) electrons. The zero-order valence-electron chi connectivity index (χ0n) is 12.0. The van der Waals surface area contributed by atoms with Crippen molar-refractivity contribution in [3.63, 3.8) is 0 Å². The molecule has 0 aliphatic rings. The molecular formula is C14H19ClF3NO2. The molecule has 0 fully saturated rings. The smallest absolute Gasteiger partial charge is 0.411 e. The lowest BCUT2D eigenvalue weighted by atomic mass is 10.1. The van der Waals surface area contributed by atoms with E-state index in [1.54, 1.807) is 18.2 Å². The molecule has 0 aliphatic carbocycles. The lowest BCUT2D eigenvalue weighted by molar-refractivity contribution is -0.175. The number of rotatable bonds is 8. The van der Waals surface area contributed by atoms with Gasteiger partial charge in [-0.25, -0.2) is 0 Å². The molecule has 0 saturated heterocycles. The third-order valence-electron chi connectivity index (χ3n) is 2.70. The van der Waals surface area contributed by atoms with Crippen LogP contribution in [0.4, 0.5) is 13.2 Å². The first-order chi connectivity index (χ1) is 9.83. The fourth-order valence-corrected chi connectivity index (χ4v) is 1.98. The number of halogens is 4. The van der Waals surface area contributed by atoms with Crippen LogP contribution in [0.2, 0.25) is 5.02 Å². The fraction of sp³-hybridized carbons (Fsp3) is 0.571. The van der Waals surface area contributed by atoms with E-state index >= 15 is 0 Å². The van der Waals surface area contributed by atoms with Crippen molar-refractivity contribution in [2.45, 2.75) is 26.1 Å². The van der Waals surface area contributed by atoms with E-state index in [0.29, 0.717) is 10.8 Å². The van der Waals surface area contributed by atoms with E-state index in [9.17, 15) is 13.2 Å². The topological polar surface area (TPSA) is 30.5 Å². The third-order valence-corrected chi connectivity index (χ3v) is 2.93. The highest BCUT2D eigenvalue weighted by molar-refractivity contribution is 6.30. The summed E-state index contributed by atoms with van der Waals surface area (Å²) in [5, 5.41) is 3.81. The zero-order valence-corrected chi connectivity index (χ0v) is 12.7. The Hall–Kier alpha value is -0.980. The molecule has 0 aromatic heterocycles. The van der Waals surface area contributed by atoms with Gasteiger partial charge in [0, 0.05) is 16.6 Å². The maximum absolute atomic E-state index is 11.9. The maximum atomic E-state index is 11.9. The van der Waals surface area contributed by atoms with E-state index in [0.717, 1.165) is 12.1 Å². The molecule has 3 nitrogen and oxygen atoms in total. The van der Waals surface area contributed by atoms with Gasteiger partial charge in [-0.1, -0.05) is 18.5 Å². The Labute approximate surface area is 127 Å². The molecule has 120 valence electrons. The molecule has 21 heavy (non-hydrogen) atoms. The van der Waals surface area contributed by atoms with Crippen molar-refractivity contribution in [2.24, 2.45) is 0 Å². The van der Waals surface area contributed by atoms with Gasteiger partial charge in [0.05, 0.1) is 6.61 Å². The molecule has 1 unspecified atom stereocenters. The van der Waals surface area contributed by atoms with Gasteiger partial charge in [-0.05, 0) is 31.7 Å². The summed E-state index contributed by atoms with van der Waals surface area (Å²) in [4.78, 5) is 0. The van der Waals surface area contributed by atoms with Crippen molar-refractivity contribution in [1.29, 1.82) is 0 Å². The number of ether oxygens (including phenoxy) is 2. The monoisotopic (exact) mass is 325 g/mol. The Morgan fingerprint density at radius 3 is 2.62 bits per heavy atom. The molecule has 1 rings (SSSR count). The molecule has 0 heterocycles. The van der Waals surface area contributed by atoms with Crippen LogP contribution in [-0.2, 0) is 4.74 Å². The van der Waals surface area contributed by atoms with E-state index in [1.165, 1.54) is 0 Å². The molecule has 1 atom stereocenters. The van der Waals surface area contributed by atoms with Crippen LogP contribution >= 0.6 is 11.6 Å². The lowest BCUT2D eigenvalue weighted by Crippen LogP contribution is -2.21. The predicted molar refractivity (Wildman–Crippen MR) is 75.9 cm³/mol. The molecule has 1 aromatic carbocycles. The average Bonchev–Trinajstić information content (AvgIpc) is 2.38. The van der Waals surface area contributed by atoms with E-state index in [4.69, 9.17) is 16.3 Å².